The van der Waals surface area contributed by atoms with Crippen LogP contribution >= 0.6 is 0 Å². The molecule has 2 N–H and O–H groups in total. The molecule has 1 amide bonds. The van der Waals surface area contributed by atoms with Gasteiger partial charge in [0.15, 0.2) is 0 Å². The van der Waals surface area contributed by atoms with Crippen molar-refractivity contribution in [2.45, 2.75) is 6.61 Å². The van der Waals surface area contributed by atoms with E-state index in [4.69, 9.17) is 5.11 Å². The van der Waals surface area contributed by atoms with Gasteiger partial charge in [-0.15, -0.1) is 0 Å². The lowest BCUT2D eigenvalue weighted by Gasteiger charge is -2.07. The number of aliphatic hydroxyl groups is 1. The first-order valence-corrected chi connectivity index (χ1v) is 6.33. The van der Waals surface area contributed by atoms with E-state index in [0.717, 1.165) is 5.56 Å². The fourth-order valence-electron chi connectivity index (χ4n) is 1.81. The van der Waals surface area contributed by atoms with Gasteiger partial charge in [0.05, 0.1) is 19.3 Å². The molecule has 21 heavy (non-hydrogen) atoms. The summed E-state index contributed by atoms with van der Waals surface area (Å²) in [6.07, 6.45) is 0. The van der Waals surface area contributed by atoms with Crippen LogP contribution in [0.4, 0.5) is 5.69 Å². The number of anilines is 1. The SMILES string of the molecule is COC(=O)c1cccc(NC(=O)c2ccc(CO)cc2)c1. The summed E-state index contributed by atoms with van der Waals surface area (Å²) in [6.45, 7) is -0.0664. The smallest absolute Gasteiger partial charge is 0.337 e. The molecule has 0 aliphatic rings. The Balaban J connectivity index is 2.13. The van der Waals surface area contributed by atoms with Crippen molar-refractivity contribution in [1.82, 2.24) is 0 Å². The minimum Gasteiger partial charge on any atom is -0.465 e. The number of esters is 1. The molecule has 0 unspecified atom stereocenters. The van der Waals surface area contributed by atoms with Gasteiger partial charge in [-0.05, 0) is 35.9 Å². The van der Waals surface area contributed by atoms with Gasteiger partial charge in [-0.2, -0.15) is 0 Å². The van der Waals surface area contributed by atoms with Gasteiger partial charge in [0.2, 0.25) is 0 Å². The van der Waals surface area contributed by atoms with Gasteiger partial charge in [0, 0.05) is 11.3 Å². The Morgan fingerprint density at radius 2 is 1.81 bits per heavy atom. The van der Waals surface area contributed by atoms with Gasteiger partial charge in [-0.1, -0.05) is 18.2 Å². The molecule has 2 aromatic rings. The number of methoxy groups -OCH3 is 1. The van der Waals surface area contributed by atoms with Gasteiger partial charge in [-0.25, -0.2) is 4.79 Å². The first-order chi connectivity index (χ1) is 10.1. The molecule has 2 rings (SSSR count). The number of benzene rings is 2. The second-order valence-corrected chi connectivity index (χ2v) is 4.38. The molecule has 0 saturated heterocycles. The highest BCUT2D eigenvalue weighted by Crippen LogP contribution is 2.13. The molecule has 2 aromatic carbocycles. The summed E-state index contributed by atoms with van der Waals surface area (Å²) in [5, 5.41) is 11.7. The minimum absolute atomic E-state index is 0.0664. The lowest BCUT2D eigenvalue weighted by Crippen LogP contribution is -2.12. The van der Waals surface area contributed by atoms with Crippen LogP contribution < -0.4 is 5.32 Å². The molecule has 0 fully saturated rings. The predicted molar refractivity (Wildman–Crippen MR) is 78.1 cm³/mol. The van der Waals surface area contributed by atoms with Crippen LogP contribution in [0.5, 0.6) is 0 Å². The van der Waals surface area contributed by atoms with E-state index < -0.39 is 5.97 Å². The molecule has 0 aliphatic carbocycles. The van der Waals surface area contributed by atoms with Crippen molar-refractivity contribution in [2.24, 2.45) is 0 Å². The molecule has 0 atom stereocenters. The normalized spacial score (nSPS) is 10.0. The highest BCUT2D eigenvalue weighted by Gasteiger charge is 2.09. The van der Waals surface area contributed by atoms with E-state index >= 15 is 0 Å². The molecule has 5 heteroatoms. The number of hydrogen-bond donors (Lipinski definition) is 2. The fourth-order valence-corrected chi connectivity index (χ4v) is 1.81. The number of nitrogens with one attached hydrogen (secondary N) is 1. The third-order valence-electron chi connectivity index (χ3n) is 2.94. The number of rotatable bonds is 4. The van der Waals surface area contributed by atoms with Crippen LogP contribution in [0.1, 0.15) is 26.3 Å². The topological polar surface area (TPSA) is 75.6 Å². The first-order valence-electron chi connectivity index (χ1n) is 6.33. The summed E-state index contributed by atoms with van der Waals surface area (Å²) in [4.78, 5) is 23.5. The molecule has 0 bridgehead atoms. The number of carbonyl (C=O) groups excluding carboxylic acids is 2. The van der Waals surface area contributed by atoms with Gasteiger partial charge in [-0.3, -0.25) is 4.79 Å². The summed E-state index contributed by atoms with van der Waals surface area (Å²) in [7, 11) is 1.30. The third-order valence-corrected chi connectivity index (χ3v) is 2.94. The molecule has 0 radical (unpaired) electrons. The Morgan fingerprint density at radius 3 is 2.43 bits per heavy atom. The van der Waals surface area contributed by atoms with Crippen LogP contribution in [-0.4, -0.2) is 24.1 Å². The van der Waals surface area contributed by atoms with E-state index in [2.05, 4.69) is 10.1 Å². The summed E-state index contributed by atoms with van der Waals surface area (Å²) in [5.74, 6) is -0.750. The van der Waals surface area contributed by atoms with Crippen molar-refractivity contribution in [3.8, 4) is 0 Å². The number of hydrogen-bond acceptors (Lipinski definition) is 4. The first kappa shape index (κ1) is 14.7. The quantitative estimate of drug-likeness (QED) is 0.845. The Kier molecular flexibility index (Phi) is 4.68. The number of aliphatic hydroxyl groups excluding tert-OH is 1. The van der Waals surface area contributed by atoms with E-state index in [9.17, 15) is 9.59 Å². The Bertz CT molecular complexity index is 650. The van der Waals surface area contributed by atoms with E-state index in [1.807, 2.05) is 0 Å². The Morgan fingerprint density at radius 1 is 1.10 bits per heavy atom. The zero-order valence-electron chi connectivity index (χ0n) is 11.5. The molecular weight excluding hydrogens is 270 g/mol. The Labute approximate surface area is 122 Å². The lowest BCUT2D eigenvalue weighted by atomic mass is 10.1. The number of carbonyl (C=O) groups is 2. The van der Waals surface area contributed by atoms with Gasteiger partial charge in [0.1, 0.15) is 0 Å². The van der Waals surface area contributed by atoms with Crippen molar-refractivity contribution in [3.05, 3.63) is 65.2 Å². The zero-order valence-corrected chi connectivity index (χ0v) is 11.5. The molecule has 0 spiro atoms. The maximum atomic E-state index is 12.1. The van der Waals surface area contributed by atoms with Crippen molar-refractivity contribution in [3.63, 3.8) is 0 Å². The van der Waals surface area contributed by atoms with Crippen LogP contribution in [-0.2, 0) is 11.3 Å². The van der Waals surface area contributed by atoms with Crippen LogP contribution in [0.2, 0.25) is 0 Å². The van der Waals surface area contributed by atoms with Crippen molar-refractivity contribution in [1.29, 1.82) is 0 Å². The monoisotopic (exact) mass is 285 g/mol. The minimum atomic E-state index is -0.460. The number of ether oxygens (including phenoxy) is 1. The molecule has 0 aromatic heterocycles. The van der Waals surface area contributed by atoms with Crippen molar-refractivity contribution < 1.29 is 19.4 Å². The standard InChI is InChI=1S/C16H15NO4/c1-21-16(20)13-3-2-4-14(9-13)17-15(19)12-7-5-11(10-18)6-8-12/h2-9,18H,10H2,1H3,(H,17,19). The van der Waals surface area contributed by atoms with Crippen LogP contribution in [0.25, 0.3) is 0 Å². The molecule has 0 heterocycles. The summed E-state index contributed by atoms with van der Waals surface area (Å²) >= 11 is 0. The van der Waals surface area contributed by atoms with E-state index in [0.29, 0.717) is 16.8 Å². The summed E-state index contributed by atoms with van der Waals surface area (Å²) in [6, 6.07) is 13.1. The molecule has 0 saturated carbocycles. The number of amides is 1. The molecule has 0 aliphatic heterocycles. The fraction of sp³-hybridized carbons (Fsp3) is 0.125. The largest absolute Gasteiger partial charge is 0.465 e. The van der Waals surface area contributed by atoms with Crippen molar-refractivity contribution in [2.75, 3.05) is 12.4 Å². The molecule has 108 valence electrons. The highest BCUT2D eigenvalue weighted by atomic mass is 16.5. The van der Waals surface area contributed by atoms with Crippen LogP contribution in [0.3, 0.4) is 0 Å². The van der Waals surface area contributed by atoms with E-state index in [1.54, 1.807) is 48.5 Å². The zero-order chi connectivity index (χ0) is 15.2. The van der Waals surface area contributed by atoms with Gasteiger partial charge in [0.25, 0.3) is 5.91 Å². The third kappa shape index (κ3) is 3.67. The molecule has 5 nitrogen and oxygen atoms in total. The summed E-state index contributed by atoms with van der Waals surface area (Å²) < 4.78 is 4.63. The Hall–Kier alpha value is -2.66. The molecular formula is C16H15NO4. The van der Waals surface area contributed by atoms with E-state index in [1.165, 1.54) is 7.11 Å². The lowest BCUT2D eigenvalue weighted by molar-refractivity contribution is 0.0600. The highest BCUT2D eigenvalue weighted by molar-refractivity contribution is 6.04. The maximum Gasteiger partial charge on any atom is 0.337 e. The van der Waals surface area contributed by atoms with Gasteiger partial charge >= 0.3 is 5.97 Å². The maximum absolute atomic E-state index is 12.1. The second-order valence-electron chi connectivity index (χ2n) is 4.38. The summed E-state index contributed by atoms with van der Waals surface area (Å²) in [5.41, 5.74) is 2.08. The van der Waals surface area contributed by atoms with Gasteiger partial charge < -0.3 is 15.2 Å². The van der Waals surface area contributed by atoms with Crippen molar-refractivity contribution >= 4 is 17.6 Å². The predicted octanol–water partition coefficient (Wildman–Crippen LogP) is 2.22. The average Bonchev–Trinajstić information content (AvgIpc) is 2.54. The van der Waals surface area contributed by atoms with Crippen LogP contribution in [0, 0.1) is 0 Å². The van der Waals surface area contributed by atoms with Crippen LogP contribution in [0.15, 0.2) is 48.5 Å². The van der Waals surface area contributed by atoms with E-state index in [-0.39, 0.29) is 12.5 Å². The second kappa shape index (κ2) is 6.67. The average molecular weight is 285 g/mol.